The number of carbonyl (C=O) groups excluding carboxylic acids is 4. The number of amides is 4. The van der Waals surface area contributed by atoms with Crippen LogP contribution < -0.4 is 40.2 Å². The standard InChI is InChI=1S/C19H21ClFN3O4S.2C18H19ClFN3O4S.C17H17ClFN3O4S/c20-16-10-13(5-6-17(16)21)23-19(26)12-7-8-22-18(9-12)24-29(27,28)15-4-2-1-3-14(25)11-15;19-15-10-14(1-2-16(15)20)22-18(24)13-3-6-21-17(9-13)23-28(25,26)11-12-4-7-27-8-5-12;19-15-9-12(4-5-16(15)20)22-18(25)11-6-7-21-17(8-11)23-28(26,27)14-3-1-2-13(24)10-14;18-14-9-12(3-4-15(14)19)21-17(23)11-5-6-20-16(8-11)22-27(24,25)13-2-1-7-26-10-13/h5-10,14-15,25H,1-4,11H2,(H,22,24)(H,23,26);1-3,6,9-10,12H,4-5,7-8,11H2,(H,21,23)(H,22,24);4-9,13-14,24H,1-3,10H2,(H,21,23)(H,22,25);3-6,8-9,13H,1-2,7,10H2,(H,20,22)(H,21,23). The van der Waals surface area contributed by atoms with Crippen molar-refractivity contribution < 1.29 is 90.1 Å². The molecule has 0 spiro atoms. The van der Waals surface area contributed by atoms with E-state index >= 15 is 0 Å². The molecule has 5 unspecified atom stereocenters. The lowest BCUT2D eigenvalue weighted by Crippen LogP contribution is -2.35. The lowest BCUT2D eigenvalue weighted by atomic mass is 9.97. The molecule has 4 fully saturated rings. The third-order valence-corrected chi connectivity index (χ3v) is 25.4. The van der Waals surface area contributed by atoms with Gasteiger partial charge in [0.2, 0.25) is 40.1 Å². The van der Waals surface area contributed by atoms with Crippen LogP contribution in [0.2, 0.25) is 20.1 Å². The molecule has 4 amide bonds. The summed E-state index contributed by atoms with van der Waals surface area (Å²) < 4.78 is 173. The van der Waals surface area contributed by atoms with Crippen molar-refractivity contribution in [2.24, 2.45) is 5.92 Å². The van der Waals surface area contributed by atoms with Gasteiger partial charge in [-0.25, -0.2) is 71.2 Å². The first-order chi connectivity index (χ1) is 53.2. The van der Waals surface area contributed by atoms with Gasteiger partial charge in [-0.3, -0.25) is 38.1 Å². The van der Waals surface area contributed by atoms with Gasteiger partial charge in [0.05, 0.1) is 55.2 Å². The molecule has 5 atom stereocenters. The number of hydrogen-bond acceptors (Lipinski definition) is 20. The van der Waals surface area contributed by atoms with Crippen LogP contribution in [0.1, 0.15) is 125 Å². The Bertz CT molecular complexity index is 5170. The molecule has 28 nitrogen and oxygen atoms in total. The Morgan fingerprint density at radius 2 is 0.696 bits per heavy atom. The van der Waals surface area contributed by atoms with Crippen molar-refractivity contribution >= 4 is 156 Å². The molecule has 600 valence electrons. The number of benzene rings is 4. The highest BCUT2D eigenvalue weighted by molar-refractivity contribution is 7.94. The molecule has 8 aromatic rings. The molecule has 12 rings (SSSR count). The predicted octanol–water partition coefficient (Wildman–Crippen LogP) is 13.1. The van der Waals surface area contributed by atoms with Crippen LogP contribution in [0.4, 0.5) is 63.6 Å². The minimum Gasteiger partial charge on any atom is -0.393 e. The number of nitrogens with zero attached hydrogens (tertiary/aromatic N) is 4. The minimum absolute atomic E-state index is 0.00449. The zero-order valence-electron chi connectivity index (χ0n) is 59.1. The first kappa shape index (κ1) is 87.1. The predicted molar refractivity (Wildman–Crippen MR) is 418 cm³/mol. The van der Waals surface area contributed by atoms with Gasteiger partial charge in [0, 0.05) is 89.6 Å². The number of rotatable bonds is 21. The topological polar surface area (TPSA) is 412 Å². The van der Waals surface area contributed by atoms with E-state index in [9.17, 15) is 80.6 Å². The van der Waals surface area contributed by atoms with Gasteiger partial charge in [0.25, 0.3) is 23.6 Å². The van der Waals surface area contributed by atoms with Crippen LogP contribution in [0.5, 0.6) is 0 Å². The molecular formula is C72H76Cl4F4N12O16S4. The maximum atomic E-state index is 13.2. The highest BCUT2D eigenvalue weighted by atomic mass is 35.5. The molecule has 0 radical (unpaired) electrons. The fourth-order valence-electron chi connectivity index (χ4n) is 11.7. The molecule has 4 aromatic heterocycles. The van der Waals surface area contributed by atoms with Gasteiger partial charge in [0.1, 0.15) is 51.8 Å². The fourth-order valence-corrected chi connectivity index (χ4v) is 18.2. The van der Waals surface area contributed by atoms with Gasteiger partial charge in [-0.15, -0.1) is 0 Å². The zero-order valence-corrected chi connectivity index (χ0v) is 65.4. The van der Waals surface area contributed by atoms with Crippen LogP contribution in [0.15, 0.2) is 146 Å². The third kappa shape index (κ3) is 26.6. The van der Waals surface area contributed by atoms with Crippen molar-refractivity contribution in [1.82, 2.24) is 19.9 Å². The monoisotopic (exact) mass is 1710 g/mol. The Balaban J connectivity index is 0.000000171. The molecule has 2 aliphatic heterocycles. The van der Waals surface area contributed by atoms with Crippen molar-refractivity contribution in [1.29, 1.82) is 0 Å². The summed E-state index contributed by atoms with van der Waals surface area (Å²) in [6, 6.07) is 26.1. The second kappa shape index (κ2) is 40.2. The zero-order chi connectivity index (χ0) is 80.9. The number of halogens is 8. The first-order valence-corrected chi connectivity index (χ1v) is 42.4. The van der Waals surface area contributed by atoms with E-state index in [4.69, 9.17) is 55.9 Å². The maximum absolute atomic E-state index is 13.2. The lowest BCUT2D eigenvalue weighted by Gasteiger charge is -2.25. The van der Waals surface area contributed by atoms with Crippen LogP contribution in [0.25, 0.3) is 0 Å². The second-order valence-corrected chi connectivity index (χ2v) is 35.3. The highest BCUT2D eigenvalue weighted by Crippen LogP contribution is 2.31. The van der Waals surface area contributed by atoms with E-state index in [2.05, 4.69) is 60.1 Å². The summed E-state index contributed by atoms with van der Waals surface area (Å²) in [5.41, 5.74) is 1.93. The van der Waals surface area contributed by atoms with Crippen molar-refractivity contribution in [2.45, 2.75) is 111 Å². The summed E-state index contributed by atoms with van der Waals surface area (Å²) >= 11 is 22.8. The quantitative estimate of drug-likeness (QED) is 0.0236. The Morgan fingerprint density at radius 1 is 0.384 bits per heavy atom. The number of aliphatic hydroxyl groups excluding tert-OH is 2. The number of anilines is 8. The number of aliphatic hydroxyl groups is 2. The number of ether oxygens (including phenoxy) is 2. The number of carbonyl (C=O) groups is 4. The first-order valence-electron chi connectivity index (χ1n) is 34.6. The van der Waals surface area contributed by atoms with E-state index in [1.807, 2.05) is 0 Å². The molecular weight excluding hydrogens is 1630 g/mol. The molecule has 0 bridgehead atoms. The summed E-state index contributed by atoms with van der Waals surface area (Å²) in [5, 5.41) is 27.3. The Labute approximate surface area is 663 Å². The van der Waals surface area contributed by atoms with Gasteiger partial charge < -0.3 is 41.0 Å². The maximum Gasteiger partial charge on any atom is 0.255 e. The number of sulfonamides is 4. The molecule has 40 heteroatoms. The van der Waals surface area contributed by atoms with Crippen molar-refractivity contribution in [3.63, 3.8) is 0 Å². The van der Waals surface area contributed by atoms with Gasteiger partial charge in [0.15, 0.2) is 0 Å². The van der Waals surface area contributed by atoms with E-state index < -0.39 is 115 Å². The molecule has 4 aromatic carbocycles. The summed E-state index contributed by atoms with van der Waals surface area (Å²) in [6.07, 6.45) is 11.1. The Hall–Kier alpha value is -8.92. The van der Waals surface area contributed by atoms with Crippen molar-refractivity contribution in [2.75, 3.05) is 72.3 Å². The normalized spacial score (nSPS) is 18.1. The number of nitrogens with one attached hydrogen (secondary N) is 8. The van der Waals surface area contributed by atoms with Gasteiger partial charge >= 0.3 is 0 Å². The summed E-state index contributed by atoms with van der Waals surface area (Å²) in [5.74, 6) is -4.37. The SMILES string of the molecule is O=C(Nc1ccc(F)c(Cl)c1)c1ccnc(NS(=O)(=O)C2CCCC(O)C2)c1.O=C(Nc1ccc(F)c(Cl)c1)c1ccnc(NS(=O)(=O)C2CCCCC(O)C2)c1.O=C(Nc1ccc(F)c(Cl)c1)c1ccnc(NS(=O)(=O)C2CCCOC2)c1.O=C(Nc1ccc(F)c(Cl)c1)c1ccnc(NS(=O)(=O)CC2CCOCC2)c1. The molecule has 6 heterocycles. The summed E-state index contributed by atoms with van der Waals surface area (Å²) in [7, 11) is -14.8. The van der Waals surface area contributed by atoms with Crippen LogP contribution in [0, 0.1) is 29.2 Å². The van der Waals surface area contributed by atoms with Crippen LogP contribution in [0.3, 0.4) is 0 Å². The van der Waals surface area contributed by atoms with E-state index in [1.54, 1.807) is 0 Å². The summed E-state index contributed by atoms with van der Waals surface area (Å²) in [4.78, 5) is 65.4. The van der Waals surface area contributed by atoms with Gasteiger partial charge in [-0.1, -0.05) is 59.2 Å². The lowest BCUT2D eigenvalue weighted by molar-refractivity contribution is 0.0723. The average molecular weight is 1710 g/mol. The van der Waals surface area contributed by atoms with E-state index in [0.29, 0.717) is 100 Å². The second-order valence-electron chi connectivity index (χ2n) is 26.0. The highest BCUT2D eigenvalue weighted by Gasteiger charge is 2.34. The third-order valence-electron chi connectivity index (χ3n) is 17.5. The summed E-state index contributed by atoms with van der Waals surface area (Å²) in [6.45, 7) is 1.79. The molecule has 2 saturated heterocycles. The molecule has 2 saturated carbocycles. The average Bonchev–Trinajstić information content (AvgIpc) is 1.06. The van der Waals surface area contributed by atoms with Gasteiger partial charge in [-0.2, -0.15) is 0 Å². The van der Waals surface area contributed by atoms with E-state index in [0.717, 1.165) is 37.1 Å². The largest absolute Gasteiger partial charge is 0.393 e. The number of pyridine rings is 4. The molecule has 10 N–H and O–H groups in total. The minimum atomic E-state index is -3.77. The smallest absolute Gasteiger partial charge is 0.255 e. The van der Waals surface area contributed by atoms with Gasteiger partial charge in [-0.05, 0) is 198 Å². The van der Waals surface area contributed by atoms with Crippen LogP contribution in [-0.4, -0.2) is 148 Å². The van der Waals surface area contributed by atoms with E-state index in [1.165, 1.54) is 122 Å². The Morgan fingerprint density at radius 3 is 1.03 bits per heavy atom. The van der Waals surface area contributed by atoms with Crippen molar-refractivity contribution in [3.05, 3.63) is 212 Å². The molecule has 4 aliphatic rings. The molecule has 2 aliphatic carbocycles. The van der Waals surface area contributed by atoms with Crippen molar-refractivity contribution in [3.8, 4) is 0 Å². The van der Waals surface area contributed by atoms with Crippen LogP contribution >= 0.6 is 46.4 Å². The van der Waals surface area contributed by atoms with Crippen LogP contribution in [-0.2, 0) is 49.6 Å². The number of hydrogen-bond donors (Lipinski definition) is 10. The Kier molecular flexibility index (Phi) is 31.2. The van der Waals surface area contributed by atoms with E-state index in [-0.39, 0.29) is 96.7 Å². The number of aromatic nitrogens is 4. The fraction of sp³-hybridized carbons (Fsp3) is 0.333. The molecule has 112 heavy (non-hydrogen) atoms.